The second-order valence-corrected chi connectivity index (χ2v) is 4.94. The van der Waals surface area contributed by atoms with Crippen LogP contribution in [-0.2, 0) is 11.2 Å². The molecule has 1 aromatic rings. The molecule has 0 aliphatic carbocycles. The van der Waals surface area contributed by atoms with Gasteiger partial charge in [0.15, 0.2) is 0 Å². The minimum atomic E-state index is 0.0126. The Labute approximate surface area is 119 Å². The Morgan fingerprint density at radius 1 is 1.53 bits per heavy atom. The summed E-state index contributed by atoms with van der Waals surface area (Å²) in [4.78, 5) is 11.1. The van der Waals surface area contributed by atoms with Gasteiger partial charge in [0, 0.05) is 19.5 Å². The van der Waals surface area contributed by atoms with Gasteiger partial charge in [0.05, 0.1) is 11.6 Å². The number of halogens is 1. The molecule has 0 fully saturated rings. The fourth-order valence-electron chi connectivity index (χ4n) is 1.75. The van der Waals surface area contributed by atoms with Gasteiger partial charge in [-0.2, -0.15) is 0 Å². The summed E-state index contributed by atoms with van der Waals surface area (Å²) in [5.74, 6) is 0.692. The summed E-state index contributed by atoms with van der Waals surface area (Å²) < 4.78 is 5.70. The molecule has 106 valence electrons. The van der Waals surface area contributed by atoms with Crippen molar-refractivity contribution in [2.24, 2.45) is 5.73 Å². The average molecular weight is 285 g/mol. The van der Waals surface area contributed by atoms with E-state index in [1.54, 1.807) is 13.1 Å². The molecule has 1 aromatic carbocycles. The van der Waals surface area contributed by atoms with Gasteiger partial charge in [-0.15, -0.1) is 0 Å². The monoisotopic (exact) mass is 284 g/mol. The fourth-order valence-corrected chi connectivity index (χ4v) is 2.00. The molecule has 1 unspecified atom stereocenters. The zero-order chi connectivity index (χ0) is 14.3. The van der Waals surface area contributed by atoms with Gasteiger partial charge >= 0.3 is 0 Å². The van der Waals surface area contributed by atoms with Crippen LogP contribution in [0, 0.1) is 0 Å². The van der Waals surface area contributed by atoms with E-state index in [1.165, 1.54) is 0 Å². The molecule has 3 N–H and O–H groups in total. The average Bonchev–Trinajstić information content (AvgIpc) is 2.36. The molecule has 1 amide bonds. The molecule has 0 saturated carbocycles. The topological polar surface area (TPSA) is 64.3 Å². The van der Waals surface area contributed by atoms with Crippen LogP contribution in [0.15, 0.2) is 18.2 Å². The number of carbonyl (C=O) groups is 1. The Bertz CT molecular complexity index is 422. The highest BCUT2D eigenvalue weighted by Crippen LogP contribution is 2.29. The first-order chi connectivity index (χ1) is 9.04. The van der Waals surface area contributed by atoms with Crippen LogP contribution >= 0.6 is 11.6 Å². The van der Waals surface area contributed by atoms with Crippen molar-refractivity contribution < 1.29 is 9.53 Å². The van der Waals surface area contributed by atoms with Gasteiger partial charge in [-0.1, -0.05) is 23.7 Å². The third-order valence-corrected chi connectivity index (χ3v) is 2.96. The molecule has 4 nitrogen and oxygen atoms in total. The Morgan fingerprint density at radius 3 is 2.89 bits per heavy atom. The van der Waals surface area contributed by atoms with E-state index in [0.717, 1.165) is 5.56 Å². The Balaban J connectivity index is 2.58. The van der Waals surface area contributed by atoms with Crippen LogP contribution < -0.4 is 15.8 Å². The molecular weight excluding hydrogens is 264 g/mol. The molecule has 0 spiro atoms. The van der Waals surface area contributed by atoms with Crippen LogP contribution in [0.1, 0.15) is 25.3 Å². The molecule has 19 heavy (non-hydrogen) atoms. The van der Waals surface area contributed by atoms with Crippen molar-refractivity contribution in [1.82, 2.24) is 5.32 Å². The molecule has 0 aromatic heterocycles. The van der Waals surface area contributed by atoms with Gasteiger partial charge in [-0.25, -0.2) is 0 Å². The largest absolute Gasteiger partial charge is 0.492 e. The predicted molar refractivity (Wildman–Crippen MR) is 77.6 cm³/mol. The van der Waals surface area contributed by atoms with Crippen LogP contribution in [0.2, 0.25) is 5.02 Å². The van der Waals surface area contributed by atoms with Gasteiger partial charge in [0.2, 0.25) is 5.91 Å². The van der Waals surface area contributed by atoms with Crippen molar-refractivity contribution in [3.63, 3.8) is 0 Å². The summed E-state index contributed by atoms with van der Waals surface area (Å²) in [6, 6.07) is 5.69. The van der Waals surface area contributed by atoms with E-state index < -0.39 is 0 Å². The smallest absolute Gasteiger partial charge is 0.219 e. The van der Waals surface area contributed by atoms with Gasteiger partial charge < -0.3 is 15.8 Å². The number of hydrogen-bond acceptors (Lipinski definition) is 3. The standard InChI is InChI=1S/C14H21ClN2O2/c1-10(16)9-11-5-3-6-12(15)14(11)19-8-4-7-13(18)17-2/h3,5-6,10H,4,7-9,16H2,1-2H3,(H,17,18). The van der Waals surface area contributed by atoms with Crippen molar-refractivity contribution in [1.29, 1.82) is 0 Å². The maximum atomic E-state index is 11.1. The minimum Gasteiger partial charge on any atom is -0.492 e. The molecular formula is C14H21ClN2O2. The second kappa shape index (κ2) is 8.02. The van der Waals surface area contributed by atoms with Crippen LogP contribution in [0.3, 0.4) is 0 Å². The summed E-state index contributed by atoms with van der Waals surface area (Å²) >= 11 is 6.14. The van der Waals surface area contributed by atoms with Crippen molar-refractivity contribution in [2.75, 3.05) is 13.7 Å². The molecule has 0 saturated heterocycles. The van der Waals surface area contributed by atoms with E-state index in [9.17, 15) is 4.79 Å². The Hall–Kier alpha value is -1.26. The maximum absolute atomic E-state index is 11.1. The Kier molecular flexibility index (Phi) is 6.67. The van der Waals surface area contributed by atoms with E-state index in [4.69, 9.17) is 22.1 Å². The highest BCUT2D eigenvalue weighted by atomic mass is 35.5. The third kappa shape index (κ3) is 5.49. The van der Waals surface area contributed by atoms with E-state index >= 15 is 0 Å². The molecule has 0 heterocycles. The number of benzene rings is 1. The molecule has 0 aliphatic rings. The lowest BCUT2D eigenvalue weighted by atomic mass is 10.1. The van der Waals surface area contributed by atoms with E-state index in [0.29, 0.717) is 36.6 Å². The summed E-state index contributed by atoms with van der Waals surface area (Å²) in [6.07, 6.45) is 1.82. The lowest BCUT2D eigenvalue weighted by Crippen LogP contribution is -2.19. The van der Waals surface area contributed by atoms with Crippen molar-refractivity contribution in [3.05, 3.63) is 28.8 Å². The first kappa shape index (κ1) is 15.8. The van der Waals surface area contributed by atoms with Gasteiger partial charge in [-0.3, -0.25) is 4.79 Å². The number of amides is 1. The number of nitrogens with two attached hydrogens (primary N) is 1. The molecule has 0 radical (unpaired) electrons. The van der Waals surface area contributed by atoms with Crippen LogP contribution in [-0.4, -0.2) is 25.6 Å². The molecule has 1 rings (SSSR count). The molecule has 0 aliphatic heterocycles. The van der Waals surface area contributed by atoms with Crippen LogP contribution in [0.4, 0.5) is 0 Å². The zero-order valence-corrected chi connectivity index (χ0v) is 12.2. The fraction of sp³-hybridized carbons (Fsp3) is 0.500. The number of para-hydroxylation sites is 1. The van der Waals surface area contributed by atoms with E-state index in [-0.39, 0.29) is 11.9 Å². The SMILES string of the molecule is CNC(=O)CCCOc1c(Cl)cccc1CC(C)N. The number of ether oxygens (including phenoxy) is 1. The van der Waals surface area contributed by atoms with Gasteiger partial charge in [-0.05, 0) is 31.4 Å². The van der Waals surface area contributed by atoms with Crippen LogP contribution in [0.25, 0.3) is 0 Å². The second-order valence-electron chi connectivity index (χ2n) is 4.53. The highest BCUT2D eigenvalue weighted by Gasteiger charge is 2.10. The number of carbonyl (C=O) groups excluding carboxylic acids is 1. The maximum Gasteiger partial charge on any atom is 0.219 e. The lowest BCUT2D eigenvalue weighted by molar-refractivity contribution is -0.120. The van der Waals surface area contributed by atoms with Crippen molar-refractivity contribution >= 4 is 17.5 Å². The summed E-state index contributed by atoms with van der Waals surface area (Å²) in [5.41, 5.74) is 6.81. The summed E-state index contributed by atoms with van der Waals surface area (Å²) in [6.45, 7) is 2.40. The lowest BCUT2D eigenvalue weighted by Gasteiger charge is -2.14. The first-order valence-electron chi connectivity index (χ1n) is 6.41. The quantitative estimate of drug-likeness (QED) is 0.754. The van der Waals surface area contributed by atoms with Crippen molar-refractivity contribution in [2.45, 2.75) is 32.2 Å². The van der Waals surface area contributed by atoms with E-state index in [2.05, 4.69) is 5.32 Å². The number of rotatable bonds is 7. The number of hydrogen-bond donors (Lipinski definition) is 2. The Morgan fingerprint density at radius 2 is 2.26 bits per heavy atom. The molecule has 5 heteroatoms. The first-order valence-corrected chi connectivity index (χ1v) is 6.78. The summed E-state index contributed by atoms with van der Waals surface area (Å²) in [5, 5.41) is 3.16. The normalized spacial score (nSPS) is 12.0. The van der Waals surface area contributed by atoms with Crippen LogP contribution in [0.5, 0.6) is 5.75 Å². The van der Waals surface area contributed by atoms with E-state index in [1.807, 2.05) is 19.1 Å². The van der Waals surface area contributed by atoms with Gasteiger partial charge in [0.25, 0.3) is 0 Å². The molecule has 0 bridgehead atoms. The summed E-state index contributed by atoms with van der Waals surface area (Å²) in [7, 11) is 1.62. The predicted octanol–water partition coefficient (Wildman–Crippen LogP) is 2.13. The third-order valence-electron chi connectivity index (χ3n) is 2.66. The minimum absolute atomic E-state index is 0.0126. The molecule has 1 atom stereocenters. The van der Waals surface area contributed by atoms with Crippen molar-refractivity contribution in [3.8, 4) is 5.75 Å². The van der Waals surface area contributed by atoms with Gasteiger partial charge in [0.1, 0.15) is 5.75 Å². The number of nitrogens with one attached hydrogen (secondary N) is 1. The highest BCUT2D eigenvalue weighted by molar-refractivity contribution is 6.32. The zero-order valence-electron chi connectivity index (χ0n) is 11.4.